The van der Waals surface area contributed by atoms with Crippen LogP contribution in [0.2, 0.25) is 0 Å². The fraction of sp³-hybridized carbons (Fsp3) is 0.444. The molecule has 208 valence electrons. The van der Waals surface area contributed by atoms with Gasteiger partial charge in [0.25, 0.3) is 5.91 Å². The number of rotatable bonds is 6. The average molecular weight is 577 g/mol. The van der Waals surface area contributed by atoms with Crippen molar-refractivity contribution in [3.8, 4) is 10.6 Å². The first kappa shape index (κ1) is 27.7. The van der Waals surface area contributed by atoms with Crippen LogP contribution in [0, 0.1) is 0 Å². The lowest BCUT2D eigenvalue weighted by molar-refractivity contribution is -0.137. The molecule has 2 aromatic heterocycles. The van der Waals surface area contributed by atoms with E-state index in [2.05, 4.69) is 45.2 Å². The second-order valence-corrected chi connectivity index (χ2v) is 12.2. The van der Waals surface area contributed by atoms with Crippen LogP contribution >= 0.6 is 23.1 Å². The Kier molecular flexibility index (Phi) is 7.80. The number of nitrogens with one attached hydrogen (secondary N) is 1. The quantitative estimate of drug-likeness (QED) is 0.395. The molecule has 1 unspecified atom stereocenters. The van der Waals surface area contributed by atoms with Crippen LogP contribution in [0.25, 0.3) is 10.6 Å². The van der Waals surface area contributed by atoms with Crippen LogP contribution in [0.15, 0.2) is 35.4 Å². The van der Waals surface area contributed by atoms with Crippen molar-refractivity contribution in [1.29, 1.82) is 0 Å². The lowest BCUT2D eigenvalue weighted by Gasteiger charge is -2.23. The summed E-state index contributed by atoms with van der Waals surface area (Å²) in [6.45, 7) is 4.56. The minimum atomic E-state index is -4.64. The first-order valence-electron chi connectivity index (χ1n) is 12.8. The van der Waals surface area contributed by atoms with E-state index in [0.717, 1.165) is 60.4 Å². The van der Waals surface area contributed by atoms with E-state index in [1.54, 1.807) is 18.0 Å². The summed E-state index contributed by atoms with van der Waals surface area (Å²) in [6.07, 6.45) is -1.98. The number of alkyl halides is 3. The fourth-order valence-corrected chi connectivity index (χ4v) is 7.29. The number of amides is 1. The number of likely N-dealkylation sites (N-methyl/N-ethyl adjacent to an activating group) is 1. The van der Waals surface area contributed by atoms with Gasteiger partial charge in [0, 0.05) is 60.9 Å². The van der Waals surface area contributed by atoms with Crippen molar-refractivity contribution < 1.29 is 18.0 Å². The number of thioether (sulfide) groups is 1. The van der Waals surface area contributed by atoms with Crippen LogP contribution in [0.5, 0.6) is 0 Å². The highest BCUT2D eigenvalue weighted by molar-refractivity contribution is 7.99. The van der Waals surface area contributed by atoms with Crippen molar-refractivity contribution >= 4 is 46.3 Å². The summed E-state index contributed by atoms with van der Waals surface area (Å²) in [5, 5.41) is 3.15. The number of hydrogen-bond acceptors (Lipinski definition) is 8. The maximum Gasteiger partial charge on any atom is 0.420 e. The molecule has 5 rings (SSSR count). The lowest BCUT2D eigenvalue weighted by atomic mass is 10.1. The number of hydrogen-bond donors (Lipinski definition) is 1. The van der Waals surface area contributed by atoms with Gasteiger partial charge in [0.15, 0.2) is 0 Å². The van der Waals surface area contributed by atoms with Crippen molar-refractivity contribution in [2.24, 2.45) is 0 Å². The molecular formula is C27H31F3N6OS2. The third-order valence-electron chi connectivity index (χ3n) is 7.23. The first-order chi connectivity index (χ1) is 18.5. The Hall–Kier alpha value is -2.83. The molecule has 3 aromatic rings. The standard InChI is InChI=1S/C27H31F3N6OS2/c1-5-16-12-17(36-9-8-18(15-36)34(2)3)6-7-20(16)32-26-31-14-19(27(28,29)30)23(33-26)21-13-22-24(39-21)25(37)35(4)10-11-38-22/h6-7,12-14,18H,5,8-11,15H2,1-4H3,(H,31,32,33). The normalized spacial score (nSPS) is 18.1. The average Bonchev–Trinajstić information content (AvgIpc) is 3.53. The van der Waals surface area contributed by atoms with Gasteiger partial charge >= 0.3 is 6.18 Å². The van der Waals surface area contributed by atoms with Crippen LogP contribution in [0.1, 0.15) is 34.1 Å². The van der Waals surface area contributed by atoms with E-state index >= 15 is 0 Å². The second kappa shape index (κ2) is 11.0. The van der Waals surface area contributed by atoms with Gasteiger partial charge in [-0.1, -0.05) is 6.92 Å². The lowest BCUT2D eigenvalue weighted by Crippen LogP contribution is -2.31. The van der Waals surface area contributed by atoms with Crippen molar-refractivity contribution in [1.82, 2.24) is 19.8 Å². The molecule has 1 atom stereocenters. The summed E-state index contributed by atoms with van der Waals surface area (Å²) >= 11 is 2.52. The van der Waals surface area contributed by atoms with E-state index < -0.39 is 11.7 Å². The molecule has 12 heteroatoms. The van der Waals surface area contributed by atoms with Crippen LogP contribution in [-0.2, 0) is 12.6 Å². The number of carbonyl (C=O) groups excluding carboxylic acids is 1. The third kappa shape index (κ3) is 5.73. The Balaban J connectivity index is 1.46. The predicted octanol–water partition coefficient (Wildman–Crippen LogP) is 5.85. The van der Waals surface area contributed by atoms with Crippen LogP contribution in [-0.4, -0.2) is 78.2 Å². The van der Waals surface area contributed by atoms with Crippen molar-refractivity contribution in [2.75, 3.05) is 56.7 Å². The van der Waals surface area contributed by atoms with E-state index in [0.29, 0.717) is 33.0 Å². The molecule has 0 bridgehead atoms. The summed E-state index contributed by atoms with van der Waals surface area (Å²) in [5.41, 5.74) is 1.76. The highest BCUT2D eigenvalue weighted by Crippen LogP contribution is 2.43. The molecule has 2 aliphatic heterocycles. The van der Waals surface area contributed by atoms with Crippen LogP contribution in [0.4, 0.5) is 30.5 Å². The summed E-state index contributed by atoms with van der Waals surface area (Å²) < 4.78 is 42.0. The Bertz CT molecular complexity index is 1380. The van der Waals surface area contributed by atoms with E-state index in [9.17, 15) is 18.0 Å². The third-order valence-corrected chi connectivity index (χ3v) is 9.50. The molecule has 4 heterocycles. The van der Waals surface area contributed by atoms with Gasteiger partial charge in [-0.25, -0.2) is 9.97 Å². The topological polar surface area (TPSA) is 64.6 Å². The minimum Gasteiger partial charge on any atom is -0.370 e. The van der Waals surface area contributed by atoms with E-state index in [-0.39, 0.29) is 17.5 Å². The molecular weight excluding hydrogens is 545 g/mol. The summed E-state index contributed by atoms with van der Waals surface area (Å²) in [5.74, 6) is 0.570. The van der Waals surface area contributed by atoms with Gasteiger partial charge in [0.05, 0.1) is 10.6 Å². The number of fused-ring (bicyclic) bond motifs is 1. The van der Waals surface area contributed by atoms with Gasteiger partial charge < -0.3 is 20.0 Å². The van der Waals surface area contributed by atoms with Crippen LogP contribution < -0.4 is 10.2 Å². The molecule has 1 amide bonds. The zero-order valence-corrected chi connectivity index (χ0v) is 23.9. The number of carbonyl (C=O) groups is 1. The number of aryl methyl sites for hydroxylation is 1. The van der Waals surface area contributed by atoms with Crippen molar-refractivity contribution in [3.05, 3.63) is 46.5 Å². The summed E-state index contributed by atoms with van der Waals surface area (Å²) in [4.78, 5) is 28.7. The largest absolute Gasteiger partial charge is 0.420 e. The summed E-state index contributed by atoms with van der Waals surface area (Å²) in [6, 6.07) is 8.25. The first-order valence-corrected chi connectivity index (χ1v) is 14.6. The van der Waals surface area contributed by atoms with E-state index in [1.165, 1.54) is 11.8 Å². The number of nitrogens with zero attached hydrogens (tertiary/aromatic N) is 5. The minimum absolute atomic E-state index is 0.0778. The number of benzene rings is 1. The highest BCUT2D eigenvalue weighted by atomic mass is 32.2. The zero-order chi connectivity index (χ0) is 27.9. The molecule has 7 nitrogen and oxygen atoms in total. The van der Waals surface area contributed by atoms with Crippen molar-refractivity contribution in [2.45, 2.75) is 36.9 Å². The molecule has 2 aliphatic rings. The molecule has 39 heavy (non-hydrogen) atoms. The molecule has 0 radical (unpaired) electrons. The number of aromatic nitrogens is 2. The van der Waals surface area contributed by atoms with Gasteiger partial charge in [-0.2, -0.15) is 13.2 Å². The van der Waals surface area contributed by atoms with Gasteiger partial charge in [-0.3, -0.25) is 4.79 Å². The Morgan fingerprint density at radius 3 is 2.69 bits per heavy atom. The predicted molar refractivity (Wildman–Crippen MR) is 151 cm³/mol. The molecule has 1 N–H and O–H groups in total. The summed E-state index contributed by atoms with van der Waals surface area (Å²) in [7, 11) is 5.89. The maximum atomic E-state index is 14.0. The molecule has 0 saturated carbocycles. The number of anilines is 3. The highest BCUT2D eigenvalue weighted by Gasteiger charge is 2.37. The van der Waals surface area contributed by atoms with E-state index in [1.807, 2.05) is 19.1 Å². The number of halogens is 3. The smallest absolute Gasteiger partial charge is 0.370 e. The van der Waals surface area contributed by atoms with Gasteiger partial charge in [-0.15, -0.1) is 23.1 Å². The van der Waals surface area contributed by atoms with Gasteiger partial charge in [0.2, 0.25) is 5.95 Å². The molecule has 1 saturated heterocycles. The van der Waals surface area contributed by atoms with E-state index in [4.69, 9.17) is 0 Å². The number of thiophene rings is 1. The SMILES string of the molecule is CCc1cc(N2CCC(N(C)C)C2)ccc1Nc1ncc(C(F)(F)F)c(-c2cc3c(s2)C(=O)N(C)CCS3)n1. The second-order valence-electron chi connectivity index (χ2n) is 10.0. The Morgan fingerprint density at radius 1 is 1.21 bits per heavy atom. The molecule has 1 aromatic carbocycles. The van der Waals surface area contributed by atoms with Gasteiger partial charge in [-0.05, 0) is 56.8 Å². The molecule has 0 aliphatic carbocycles. The van der Waals surface area contributed by atoms with Gasteiger partial charge in [0.1, 0.15) is 10.4 Å². The molecule has 0 spiro atoms. The fourth-order valence-electron chi connectivity index (χ4n) is 4.86. The maximum absolute atomic E-state index is 14.0. The molecule has 1 fully saturated rings. The Morgan fingerprint density at radius 2 is 2.00 bits per heavy atom. The monoisotopic (exact) mass is 576 g/mol. The zero-order valence-electron chi connectivity index (χ0n) is 22.3. The Labute approximate surface area is 234 Å². The van der Waals surface area contributed by atoms with Crippen molar-refractivity contribution in [3.63, 3.8) is 0 Å². The van der Waals surface area contributed by atoms with Crippen LogP contribution in [0.3, 0.4) is 0 Å².